The van der Waals surface area contributed by atoms with Crippen molar-refractivity contribution in [2.24, 2.45) is 0 Å². The molecular formula is C17H19ClN2O3S. The van der Waals surface area contributed by atoms with E-state index in [9.17, 15) is 13.2 Å². The summed E-state index contributed by atoms with van der Waals surface area (Å²) in [6, 6.07) is 10.1. The number of amides is 1. The lowest BCUT2D eigenvalue weighted by Crippen LogP contribution is -2.22. The van der Waals surface area contributed by atoms with Gasteiger partial charge in [0.25, 0.3) is 0 Å². The number of hydrogen-bond donors (Lipinski definition) is 2. The molecule has 0 aromatic heterocycles. The van der Waals surface area contributed by atoms with Crippen LogP contribution in [0.2, 0.25) is 5.02 Å². The molecule has 2 rings (SSSR count). The molecule has 0 radical (unpaired) electrons. The molecule has 0 saturated heterocycles. The van der Waals surface area contributed by atoms with Gasteiger partial charge in [0.05, 0.1) is 22.2 Å². The molecule has 24 heavy (non-hydrogen) atoms. The maximum absolute atomic E-state index is 12.1. The van der Waals surface area contributed by atoms with Crippen molar-refractivity contribution >= 4 is 38.7 Å². The molecule has 0 saturated carbocycles. The van der Waals surface area contributed by atoms with Gasteiger partial charge in [-0.05, 0) is 43.7 Å². The first-order valence-corrected chi connectivity index (χ1v) is 9.54. The average Bonchev–Trinajstić information content (AvgIpc) is 2.47. The third kappa shape index (κ3) is 4.72. The summed E-state index contributed by atoms with van der Waals surface area (Å²) < 4.78 is 23.2. The summed E-state index contributed by atoms with van der Waals surface area (Å²) in [6.07, 6.45) is 1.10. The summed E-state index contributed by atoms with van der Waals surface area (Å²) in [5, 5.41) is 5.96. The number of sulfone groups is 1. The molecule has 0 heterocycles. The third-order valence-corrected chi connectivity index (χ3v) is 4.90. The van der Waals surface area contributed by atoms with E-state index in [0.29, 0.717) is 0 Å². The van der Waals surface area contributed by atoms with Crippen molar-refractivity contribution in [2.45, 2.75) is 18.7 Å². The fourth-order valence-corrected chi connectivity index (χ4v) is 3.02. The standard InChI is InChI=1S/C17H19ClN2O3S/c1-11-4-7-15(12(2)8-11)19-10-17(21)20-16-9-13(24(3,22)23)5-6-14(16)18/h4-9,19H,10H2,1-3H3,(H,20,21). The fraction of sp³-hybridized carbons (Fsp3) is 0.235. The number of nitrogens with one attached hydrogen (secondary N) is 2. The predicted octanol–water partition coefficient (Wildman–Crippen LogP) is 3.41. The Labute approximate surface area is 147 Å². The minimum Gasteiger partial charge on any atom is -0.376 e. The maximum atomic E-state index is 12.1. The zero-order valence-corrected chi connectivity index (χ0v) is 15.3. The number of aryl methyl sites for hydroxylation is 2. The number of halogens is 1. The monoisotopic (exact) mass is 366 g/mol. The summed E-state index contributed by atoms with van der Waals surface area (Å²) in [4.78, 5) is 12.2. The second kappa shape index (κ2) is 7.23. The summed E-state index contributed by atoms with van der Waals surface area (Å²) in [6.45, 7) is 4.00. The Morgan fingerprint density at radius 1 is 1.08 bits per heavy atom. The van der Waals surface area contributed by atoms with Crippen molar-refractivity contribution < 1.29 is 13.2 Å². The Morgan fingerprint density at radius 3 is 2.42 bits per heavy atom. The van der Waals surface area contributed by atoms with E-state index in [2.05, 4.69) is 10.6 Å². The number of rotatable bonds is 5. The van der Waals surface area contributed by atoms with Crippen molar-refractivity contribution in [3.63, 3.8) is 0 Å². The lowest BCUT2D eigenvalue weighted by atomic mass is 10.1. The zero-order valence-electron chi connectivity index (χ0n) is 13.7. The minimum absolute atomic E-state index is 0.0450. The van der Waals surface area contributed by atoms with E-state index in [1.807, 2.05) is 32.0 Å². The van der Waals surface area contributed by atoms with Gasteiger partial charge in [-0.15, -0.1) is 0 Å². The van der Waals surface area contributed by atoms with Gasteiger partial charge in [0.2, 0.25) is 5.91 Å². The second-order valence-electron chi connectivity index (χ2n) is 5.63. The zero-order chi connectivity index (χ0) is 17.9. The van der Waals surface area contributed by atoms with Gasteiger partial charge in [-0.25, -0.2) is 8.42 Å². The molecule has 0 spiro atoms. The van der Waals surface area contributed by atoms with Crippen LogP contribution in [-0.4, -0.2) is 27.1 Å². The highest BCUT2D eigenvalue weighted by molar-refractivity contribution is 7.90. The molecule has 2 N–H and O–H groups in total. The Kier molecular flexibility index (Phi) is 5.51. The van der Waals surface area contributed by atoms with Crippen molar-refractivity contribution in [1.82, 2.24) is 0 Å². The number of hydrogen-bond acceptors (Lipinski definition) is 4. The van der Waals surface area contributed by atoms with Crippen molar-refractivity contribution in [2.75, 3.05) is 23.4 Å². The summed E-state index contributed by atoms with van der Waals surface area (Å²) in [5.74, 6) is -0.317. The van der Waals surface area contributed by atoms with E-state index in [4.69, 9.17) is 11.6 Å². The molecule has 0 aliphatic carbocycles. The molecule has 1 amide bonds. The number of carbonyl (C=O) groups excluding carboxylic acids is 1. The van der Waals surface area contributed by atoms with Crippen molar-refractivity contribution in [3.05, 3.63) is 52.5 Å². The van der Waals surface area contributed by atoms with Gasteiger partial charge in [0.15, 0.2) is 9.84 Å². The molecule has 128 valence electrons. The SMILES string of the molecule is Cc1ccc(NCC(=O)Nc2cc(S(C)(=O)=O)ccc2Cl)c(C)c1. The van der Waals surface area contributed by atoms with E-state index in [0.717, 1.165) is 23.1 Å². The van der Waals surface area contributed by atoms with Gasteiger partial charge < -0.3 is 10.6 Å². The fourth-order valence-electron chi connectivity index (χ4n) is 2.21. The van der Waals surface area contributed by atoms with Crippen LogP contribution in [0.1, 0.15) is 11.1 Å². The van der Waals surface area contributed by atoms with Gasteiger partial charge in [0, 0.05) is 11.9 Å². The number of anilines is 2. The van der Waals surface area contributed by atoms with Crippen LogP contribution in [0.15, 0.2) is 41.3 Å². The van der Waals surface area contributed by atoms with Crippen LogP contribution in [0, 0.1) is 13.8 Å². The first-order chi connectivity index (χ1) is 11.2. The average molecular weight is 367 g/mol. The van der Waals surface area contributed by atoms with E-state index >= 15 is 0 Å². The molecule has 2 aromatic carbocycles. The third-order valence-electron chi connectivity index (χ3n) is 3.46. The quantitative estimate of drug-likeness (QED) is 0.850. The van der Waals surface area contributed by atoms with E-state index < -0.39 is 9.84 Å². The van der Waals surface area contributed by atoms with Gasteiger partial charge in [0.1, 0.15) is 0 Å². The predicted molar refractivity (Wildman–Crippen MR) is 97.6 cm³/mol. The van der Waals surface area contributed by atoms with Crippen LogP contribution in [0.25, 0.3) is 0 Å². The summed E-state index contributed by atoms with van der Waals surface area (Å²) in [5.41, 5.74) is 3.32. The Bertz CT molecular complexity index is 879. The van der Waals surface area contributed by atoms with Crippen LogP contribution in [0.5, 0.6) is 0 Å². The first kappa shape index (κ1) is 18.3. The van der Waals surface area contributed by atoms with Crippen LogP contribution < -0.4 is 10.6 Å². The molecule has 2 aromatic rings. The van der Waals surface area contributed by atoms with E-state index in [1.54, 1.807) is 0 Å². The molecule has 0 unspecified atom stereocenters. The van der Waals surface area contributed by atoms with Crippen LogP contribution in [-0.2, 0) is 14.6 Å². The molecule has 0 bridgehead atoms. The summed E-state index contributed by atoms with van der Waals surface area (Å²) >= 11 is 6.02. The van der Waals surface area contributed by atoms with Crippen LogP contribution in [0.4, 0.5) is 11.4 Å². The molecular weight excluding hydrogens is 348 g/mol. The number of carbonyl (C=O) groups is 1. The minimum atomic E-state index is -3.37. The lowest BCUT2D eigenvalue weighted by molar-refractivity contribution is -0.114. The summed E-state index contributed by atoms with van der Waals surface area (Å²) in [7, 11) is -3.37. The lowest BCUT2D eigenvalue weighted by Gasteiger charge is -2.12. The number of benzene rings is 2. The maximum Gasteiger partial charge on any atom is 0.243 e. The Balaban J connectivity index is 2.07. The molecule has 0 aliphatic rings. The molecule has 7 heteroatoms. The van der Waals surface area contributed by atoms with Gasteiger partial charge in [-0.1, -0.05) is 29.3 Å². The van der Waals surface area contributed by atoms with E-state index in [-0.39, 0.29) is 28.1 Å². The van der Waals surface area contributed by atoms with Gasteiger partial charge in [-0.2, -0.15) is 0 Å². The van der Waals surface area contributed by atoms with Crippen LogP contribution in [0.3, 0.4) is 0 Å². The molecule has 0 aliphatic heterocycles. The first-order valence-electron chi connectivity index (χ1n) is 7.27. The van der Waals surface area contributed by atoms with Gasteiger partial charge >= 0.3 is 0 Å². The highest BCUT2D eigenvalue weighted by Crippen LogP contribution is 2.25. The highest BCUT2D eigenvalue weighted by Gasteiger charge is 2.12. The largest absolute Gasteiger partial charge is 0.376 e. The van der Waals surface area contributed by atoms with E-state index in [1.165, 1.54) is 18.2 Å². The Hall–Kier alpha value is -2.05. The van der Waals surface area contributed by atoms with Gasteiger partial charge in [-0.3, -0.25) is 4.79 Å². The topological polar surface area (TPSA) is 75.3 Å². The normalized spacial score (nSPS) is 11.2. The second-order valence-corrected chi connectivity index (χ2v) is 8.06. The molecule has 0 atom stereocenters. The molecule has 0 fully saturated rings. The molecule has 5 nitrogen and oxygen atoms in total. The van der Waals surface area contributed by atoms with Crippen molar-refractivity contribution in [3.8, 4) is 0 Å². The Morgan fingerprint density at radius 2 is 1.79 bits per heavy atom. The smallest absolute Gasteiger partial charge is 0.243 e. The van der Waals surface area contributed by atoms with Crippen LogP contribution >= 0.6 is 11.6 Å². The highest BCUT2D eigenvalue weighted by atomic mass is 35.5. The van der Waals surface area contributed by atoms with Crippen molar-refractivity contribution in [1.29, 1.82) is 0 Å².